The van der Waals surface area contributed by atoms with Gasteiger partial charge in [0.05, 0.1) is 72.5 Å². The van der Waals surface area contributed by atoms with E-state index in [0.717, 1.165) is 0 Å². The predicted molar refractivity (Wildman–Crippen MR) is 188 cm³/mol. The topological polar surface area (TPSA) is 186 Å². The number of aliphatic hydroxyl groups is 2. The van der Waals surface area contributed by atoms with E-state index in [-0.39, 0.29) is 57.6 Å². The molecule has 278 valence electrons. The maximum Gasteiger partial charge on any atom is 0.163 e. The molecule has 2 aromatic rings. The van der Waals surface area contributed by atoms with Gasteiger partial charge in [-0.15, -0.1) is 0 Å². The third kappa shape index (κ3) is 19.4. The average Bonchev–Trinajstić information content (AvgIpc) is 3.12. The van der Waals surface area contributed by atoms with Crippen molar-refractivity contribution in [1.82, 2.24) is 5.32 Å². The number of ketones is 2. The molecule has 0 radical (unpaired) electrons. The maximum absolute atomic E-state index is 12.6. The molecule has 14 nitrogen and oxygen atoms in total. The molecular weight excluding hydrogens is 652 g/mol. The van der Waals surface area contributed by atoms with Gasteiger partial charge in [0.25, 0.3) is 0 Å². The number of hydrogen-bond donors (Lipinski definition) is 4. The molecular formula is C36H52N2O12. The first-order valence-electron chi connectivity index (χ1n) is 16.6. The Morgan fingerprint density at radius 2 is 1.02 bits per heavy atom. The molecule has 0 saturated carbocycles. The summed E-state index contributed by atoms with van der Waals surface area (Å²) in [4.78, 5) is 25.2. The molecule has 0 bridgehead atoms. The van der Waals surface area contributed by atoms with E-state index < -0.39 is 0 Å². The Hall–Kier alpha value is -3.86. The van der Waals surface area contributed by atoms with Crippen molar-refractivity contribution in [3.05, 3.63) is 59.7 Å². The van der Waals surface area contributed by atoms with E-state index in [1.807, 2.05) is 7.05 Å². The fourth-order valence-electron chi connectivity index (χ4n) is 4.01. The second-order valence-electron chi connectivity index (χ2n) is 10.4. The summed E-state index contributed by atoms with van der Waals surface area (Å²) in [7, 11) is 1.83. The highest BCUT2D eigenvalue weighted by Gasteiger charge is 2.10. The van der Waals surface area contributed by atoms with Crippen molar-refractivity contribution in [3.8, 4) is 23.0 Å². The third-order valence-electron chi connectivity index (χ3n) is 6.38. The first kappa shape index (κ1) is 42.3. The fourth-order valence-corrected chi connectivity index (χ4v) is 4.01. The lowest BCUT2D eigenvalue weighted by Gasteiger charge is -2.14. The number of aliphatic hydroxyl groups excluding tert-OH is 2. The van der Waals surface area contributed by atoms with E-state index in [4.69, 9.17) is 53.8 Å². The molecule has 50 heavy (non-hydrogen) atoms. The largest absolute Gasteiger partial charge is 0.488 e. The summed E-state index contributed by atoms with van der Waals surface area (Å²) in [5.74, 6) is 1.30. The zero-order valence-electron chi connectivity index (χ0n) is 28.8. The summed E-state index contributed by atoms with van der Waals surface area (Å²) in [6.07, 6.45) is 5.63. The van der Waals surface area contributed by atoms with Gasteiger partial charge in [0.2, 0.25) is 0 Å². The number of benzene rings is 2. The molecule has 2 rings (SSSR count). The Kier molecular flexibility index (Phi) is 23.6. The zero-order chi connectivity index (χ0) is 36.1. The minimum atomic E-state index is -0.360. The second kappa shape index (κ2) is 27.9. The number of nitrogens with one attached hydrogen (secondary N) is 1. The van der Waals surface area contributed by atoms with Crippen LogP contribution in [0.2, 0.25) is 0 Å². The van der Waals surface area contributed by atoms with Crippen LogP contribution in [0.1, 0.15) is 17.5 Å². The van der Waals surface area contributed by atoms with Gasteiger partial charge < -0.3 is 59.2 Å². The summed E-state index contributed by atoms with van der Waals surface area (Å²) in [5, 5.41) is 20.5. The van der Waals surface area contributed by atoms with E-state index >= 15 is 0 Å². The number of carbonyl (C=O) groups is 2. The summed E-state index contributed by atoms with van der Waals surface area (Å²) in [5.41, 5.74) is 6.95. The van der Waals surface area contributed by atoms with Crippen LogP contribution >= 0.6 is 0 Å². The third-order valence-corrected chi connectivity index (χ3v) is 6.38. The van der Waals surface area contributed by atoms with Gasteiger partial charge in [0, 0.05) is 13.1 Å². The van der Waals surface area contributed by atoms with Gasteiger partial charge in [-0.3, -0.25) is 9.59 Å². The Morgan fingerprint density at radius 1 is 0.600 bits per heavy atom. The molecule has 0 aliphatic heterocycles. The van der Waals surface area contributed by atoms with Crippen LogP contribution in [0.4, 0.5) is 0 Å². The SMILES string of the molecule is CNCCOc1ccc(/C=C/C(=O)CC(=O)/C=C/c2ccc(OCCN)c(OCCOCCOCCO)c2)cc1OCCOCCOCCO. The maximum atomic E-state index is 12.6. The highest BCUT2D eigenvalue weighted by molar-refractivity contribution is 6.10. The molecule has 0 atom stereocenters. The fraction of sp³-hybridized carbons (Fsp3) is 0.500. The van der Waals surface area contributed by atoms with E-state index in [1.54, 1.807) is 48.6 Å². The molecule has 0 heterocycles. The molecule has 0 unspecified atom stereocenters. The average molecular weight is 705 g/mol. The Bertz CT molecular complexity index is 1290. The highest BCUT2D eigenvalue weighted by atomic mass is 16.6. The number of likely N-dealkylation sites (N-methyl/N-ethyl adjacent to an activating group) is 1. The number of nitrogens with two attached hydrogens (primary N) is 1. The van der Waals surface area contributed by atoms with Gasteiger partial charge >= 0.3 is 0 Å². The molecule has 0 spiro atoms. The molecule has 0 aromatic heterocycles. The standard InChI is InChI=1S/C36H52N2O12/c1-38-11-15-48-34-9-5-30(27-36(34)50-25-23-46-21-19-44-17-13-40)3-7-32(42)28-31(41)6-2-29-4-8-33(47-14-10-37)35(26-29)49-24-22-45-20-18-43-16-12-39/h2-9,26-27,38-40H,10-25,28,37H2,1H3/b6-2+,7-3+. The predicted octanol–water partition coefficient (Wildman–Crippen LogP) is 1.69. The van der Waals surface area contributed by atoms with Crippen LogP contribution in [0.25, 0.3) is 12.2 Å². The van der Waals surface area contributed by atoms with Crippen molar-refractivity contribution in [3.63, 3.8) is 0 Å². The number of allylic oxidation sites excluding steroid dienone is 2. The van der Waals surface area contributed by atoms with Crippen LogP contribution in [0, 0.1) is 0 Å². The normalized spacial score (nSPS) is 11.4. The Balaban J connectivity index is 1.93. The molecule has 0 aliphatic rings. The van der Waals surface area contributed by atoms with E-state index in [9.17, 15) is 9.59 Å². The van der Waals surface area contributed by atoms with Gasteiger partial charge in [-0.1, -0.05) is 24.3 Å². The van der Waals surface area contributed by atoms with Gasteiger partial charge in [0.15, 0.2) is 34.6 Å². The smallest absolute Gasteiger partial charge is 0.163 e. The lowest BCUT2D eigenvalue weighted by atomic mass is 10.1. The van der Waals surface area contributed by atoms with Crippen LogP contribution in [-0.2, 0) is 28.5 Å². The minimum absolute atomic E-state index is 0.0355. The van der Waals surface area contributed by atoms with Gasteiger partial charge in [-0.25, -0.2) is 0 Å². The van der Waals surface area contributed by atoms with Gasteiger partial charge in [0.1, 0.15) is 26.4 Å². The van der Waals surface area contributed by atoms with Gasteiger partial charge in [-0.05, 0) is 54.6 Å². The van der Waals surface area contributed by atoms with Crippen molar-refractivity contribution < 1.29 is 57.7 Å². The molecule has 2 aromatic carbocycles. The minimum Gasteiger partial charge on any atom is -0.488 e. The molecule has 0 saturated heterocycles. The Labute approximate surface area is 294 Å². The summed E-state index contributed by atoms with van der Waals surface area (Å²) in [6, 6.07) is 10.5. The van der Waals surface area contributed by atoms with E-state index in [2.05, 4.69) is 5.32 Å². The molecule has 14 heteroatoms. The number of carbonyl (C=O) groups excluding carboxylic acids is 2. The highest BCUT2D eigenvalue weighted by Crippen LogP contribution is 2.30. The van der Waals surface area contributed by atoms with Crippen molar-refractivity contribution in [2.45, 2.75) is 6.42 Å². The molecule has 5 N–H and O–H groups in total. The number of hydrogen-bond acceptors (Lipinski definition) is 14. The van der Waals surface area contributed by atoms with Crippen LogP contribution in [0.15, 0.2) is 48.6 Å². The van der Waals surface area contributed by atoms with Crippen LogP contribution in [-0.4, -0.2) is 134 Å². The second-order valence-corrected chi connectivity index (χ2v) is 10.4. The first-order valence-corrected chi connectivity index (χ1v) is 16.6. The van der Waals surface area contributed by atoms with Crippen LogP contribution in [0.3, 0.4) is 0 Å². The summed E-state index contributed by atoms with van der Waals surface area (Å²) < 4.78 is 44.5. The summed E-state index contributed by atoms with van der Waals surface area (Å²) >= 11 is 0. The first-order chi connectivity index (χ1) is 24.5. The lowest BCUT2D eigenvalue weighted by Crippen LogP contribution is -2.16. The van der Waals surface area contributed by atoms with Crippen molar-refractivity contribution in [2.75, 3.05) is 113 Å². The molecule has 0 amide bonds. The quantitative estimate of drug-likeness (QED) is 0.0505. The van der Waals surface area contributed by atoms with Gasteiger partial charge in [-0.2, -0.15) is 0 Å². The van der Waals surface area contributed by atoms with Crippen LogP contribution in [0.5, 0.6) is 23.0 Å². The number of ether oxygens (including phenoxy) is 8. The van der Waals surface area contributed by atoms with E-state index in [1.165, 1.54) is 12.2 Å². The Morgan fingerprint density at radius 3 is 1.46 bits per heavy atom. The van der Waals surface area contributed by atoms with E-state index in [0.29, 0.717) is 100 Å². The van der Waals surface area contributed by atoms with Crippen molar-refractivity contribution >= 4 is 23.7 Å². The molecule has 0 fully saturated rings. The lowest BCUT2D eigenvalue weighted by molar-refractivity contribution is -0.121. The van der Waals surface area contributed by atoms with Crippen molar-refractivity contribution in [1.29, 1.82) is 0 Å². The molecule has 0 aliphatic carbocycles. The zero-order valence-corrected chi connectivity index (χ0v) is 28.8. The van der Waals surface area contributed by atoms with Crippen molar-refractivity contribution in [2.24, 2.45) is 5.73 Å². The number of rotatable bonds is 31. The van der Waals surface area contributed by atoms with Crippen LogP contribution < -0.4 is 30.0 Å². The summed E-state index contributed by atoms with van der Waals surface area (Å²) in [6.45, 7) is 4.83. The monoisotopic (exact) mass is 704 g/mol.